The number of anilines is 2. The number of carbonyl (C=O) groups excluding carboxylic acids is 4. The van der Waals surface area contributed by atoms with Crippen LogP contribution in [0.4, 0.5) is 11.4 Å². The Labute approximate surface area is 333 Å². The molecule has 4 aromatic carbocycles. The largest absolute Gasteiger partial charge is 0.325 e. The Morgan fingerprint density at radius 3 is 1.39 bits per heavy atom. The fraction of sp³-hybridized carbons (Fsp3) is 0.182. The molecule has 56 heavy (non-hydrogen) atoms. The normalized spacial score (nSPS) is 16.8. The maximum atomic E-state index is 13.6. The lowest BCUT2D eigenvalue weighted by Gasteiger charge is -2.24. The second-order valence-electron chi connectivity index (χ2n) is 13.9. The zero-order chi connectivity index (χ0) is 38.8. The van der Waals surface area contributed by atoms with Gasteiger partial charge in [-0.05, 0) is 108 Å². The Morgan fingerprint density at radius 2 is 0.982 bits per heavy atom. The van der Waals surface area contributed by atoms with E-state index in [4.69, 9.17) is 23.2 Å². The molecule has 0 aliphatic carbocycles. The number of rotatable bonds is 8. The zero-order valence-corrected chi connectivity index (χ0v) is 31.6. The third-order valence-electron chi connectivity index (χ3n) is 10.3. The summed E-state index contributed by atoms with van der Waals surface area (Å²) < 4.78 is 0. The van der Waals surface area contributed by atoms with E-state index in [2.05, 4.69) is 20.6 Å². The van der Waals surface area contributed by atoms with Crippen molar-refractivity contribution in [3.63, 3.8) is 0 Å². The molecule has 0 radical (unpaired) electrons. The van der Waals surface area contributed by atoms with Gasteiger partial charge < -0.3 is 20.4 Å². The lowest BCUT2D eigenvalue weighted by atomic mass is 10.1. The molecule has 8 rings (SSSR count). The van der Waals surface area contributed by atoms with Gasteiger partial charge in [0.25, 0.3) is 11.8 Å². The number of benzene rings is 4. The molecule has 2 atom stereocenters. The van der Waals surface area contributed by atoms with Crippen molar-refractivity contribution in [2.45, 2.75) is 37.8 Å². The summed E-state index contributed by atoms with van der Waals surface area (Å²) in [6, 6.07) is 28.0. The first-order valence-electron chi connectivity index (χ1n) is 18.4. The second-order valence-corrected chi connectivity index (χ2v) is 14.8. The lowest BCUT2D eigenvalue weighted by Crippen LogP contribution is -2.43. The van der Waals surface area contributed by atoms with Crippen molar-refractivity contribution in [1.29, 1.82) is 0 Å². The first kappa shape index (κ1) is 36.9. The highest BCUT2D eigenvalue weighted by atomic mass is 35.5. The van der Waals surface area contributed by atoms with Gasteiger partial charge in [-0.3, -0.25) is 29.1 Å². The van der Waals surface area contributed by atoms with Gasteiger partial charge in [-0.1, -0.05) is 71.8 Å². The molecule has 0 bridgehead atoms. The Hall–Kier alpha value is -6.10. The number of fused-ring (bicyclic) bond motifs is 2. The van der Waals surface area contributed by atoms with Crippen molar-refractivity contribution in [1.82, 2.24) is 19.8 Å². The molecule has 4 heterocycles. The average molecular weight is 784 g/mol. The van der Waals surface area contributed by atoms with Crippen molar-refractivity contribution in [3.8, 4) is 0 Å². The summed E-state index contributed by atoms with van der Waals surface area (Å²) in [6.45, 7) is 0.932. The van der Waals surface area contributed by atoms with Crippen LogP contribution in [0.25, 0.3) is 33.7 Å². The number of aromatic nitrogens is 2. The summed E-state index contributed by atoms with van der Waals surface area (Å²) in [5.74, 6) is -1.08. The number of amides is 4. The first-order valence-corrected chi connectivity index (χ1v) is 19.2. The van der Waals surface area contributed by atoms with Crippen molar-refractivity contribution in [3.05, 3.63) is 142 Å². The smallest absolute Gasteiger partial charge is 0.273 e. The van der Waals surface area contributed by atoms with E-state index in [0.717, 1.165) is 21.9 Å². The molecule has 280 valence electrons. The van der Waals surface area contributed by atoms with E-state index in [0.29, 0.717) is 71.0 Å². The Bertz CT molecular complexity index is 2350. The van der Waals surface area contributed by atoms with Crippen LogP contribution in [0.3, 0.4) is 0 Å². The van der Waals surface area contributed by atoms with Gasteiger partial charge in [-0.25, -0.2) is 0 Å². The van der Waals surface area contributed by atoms with Gasteiger partial charge in [0.2, 0.25) is 11.8 Å². The zero-order valence-electron chi connectivity index (χ0n) is 30.1. The molecule has 2 fully saturated rings. The SMILES string of the molecule is O=C(Nc1ccc(/C=C/c2ccc(NC(=O)[C@@H]3CCCN3C(=O)c3nccc4ccc(Cl)cc34)cc2)cc1)[C@@H]1CCCN1C(=O)c1nccc2ccc(Cl)cc12. The highest BCUT2D eigenvalue weighted by molar-refractivity contribution is 6.32. The van der Waals surface area contributed by atoms with Crippen molar-refractivity contribution < 1.29 is 19.2 Å². The van der Waals surface area contributed by atoms with Crippen LogP contribution in [0.15, 0.2) is 109 Å². The molecule has 2 aliphatic heterocycles. The third kappa shape index (κ3) is 7.71. The molecular formula is C44H36Cl2N6O4. The highest BCUT2D eigenvalue weighted by Gasteiger charge is 2.37. The van der Waals surface area contributed by atoms with Crippen LogP contribution in [-0.4, -0.2) is 68.6 Å². The van der Waals surface area contributed by atoms with Crippen LogP contribution >= 0.6 is 23.2 Å². The Kier molecular flexibility index (Phi) is 10.5. The molecule has 4 amide bonds. The lowest BCUT2D eigenvalue weighted by molar-refractivity contribution is -0.120. The molecule has 2 saturated heterocycles. The van der Waals surface area contributed by atoms with Crippen molar-refractivity contribution >= 4 is 91.9 Å². The first-order chi connectivity index (χ1) is 27.2. The van der Waals surface area contributed by atoms with E-state index in [1.807, 2.05) is 84.9 Å². The fourth-order valence-electron chi connectivity index (χ4n) is 7.46. The van der Waals surface area contributed by atoms with Gasteiger partial charge in [0, 0.05) is 57.7 Å². The summed E-state index contributed by atoms with van der Waals surface area (Å²) in [7, 11) is 0. The molecule has 10 nitrogen and oxygen atoms in total. The number of nitrogens with zero attached hydrogens (tertiary/aromatic N) is 4. The summed E-state index contributed by atoms with van der Waals surface area (Å²) in [6.07, 6.45) is 9.66. The minimum absolute atomic E-state index is 0.246. The van der Waals surface area contributed by atoms with Crippen LogP contribution in [0, 0.1) is 0 Å². The minimum Gasteiger partial charge on any atom is -0.325 e. The van der Waals surface area contributed by atoms with E-state index >= 15 is 0 Å². The standard InChI is InChI=1S/C44H36Cl2N6O4/c45-31-13-11-29-19-21-47-39(35(29)25-31)43(55)51-23-1-3-37(51)41(53)49-33-15-7-27(8-16-33)5-6-28-9-17-34(18-10-28)50-42(54)38-4-2-24-52(38)44(56)40-36-26-32(46)14-12-30(36)20-22-48-40/h5-22,25-26,37-38H,1-4,23-24H2,(H,49,53)(H,50,54)/b6-5+/t37-,38-/m0/s1. The Balaban J connectivity index is 0.862. The van der Waals surface area contributed by atoms with Crippen LogP contribution in [0.1, 0.15) is 57.8 Å². The van der Waals surface area contributed by atoms with E-state index < -0.39 is 12.1 Å². The Morgan fingerprint density at radius 1 is 0.571 bits per heavy atom. The van der Waals surface area contributed by atoms with Gasteiger partial charge in [0.15, 0.2) is 0 Å². The number of nitrogens with one attached hydrogen (secondary N) is 2. The third-order valence-corrected chi connectivity index (χ3v) is 10.8. The van der Waals surface area contributed by atoms with Crippen LogP contribution < -0.4 is 10.6 Å². The van der Waals surface area contributed by atoms with Crippen LogP contribution in [0.2, 0.25) is 10.0 Å². The average Bonchev–Trinajstić information content (AvgIpc) is 3.92. The van der Waals surface area contributed by atoms with E-state index in [1.165, 1.54) is 0 Å². The maximum Gasteiger partial charge on any atom is 0.273 e. The number of halogens is 2. The molecule has 0 spiro atoms. The topological polar surface area (TPSA) is 125 Å². The summed E-state index contributed by atoms with van der Waals surface area (Å²) in [5, 5.41) is 10.00. The second kappa shape index (κ2) is 15.9. The van der Waals surface area contributed by atoms with Gasteiger partial charge in [-0.15, -0.1) is 0 Å². The fourth-order valence-corrected chi connectivity index (χ4v) is 7.80. The molecule has 12 heteroatoms. The molecule has 2 N–H and O–H groups in total. The number of pyridine rings is 2. The van der Waals surface area contributed by atoms with Crippen LogP contribution in [0.5, 0.6) is 0 Å². The number of carbonyl (C=O) groups is 4. The van der Waals surface area contributed by atoms with E-state index in [-0.39, 0.29) is 35.0 Å². The van der Waals surface area contributed by atoms with Crippen molar-refractivity contribution in [2.24, 2.45) is 0 Å². The van der Waals surface area contributed by atoms with Gasteiger partial charge in [0.05, 0.1) is 0 Å². The van der Waals surface area contributed by atoms with Gasteiger partial charge in [-0.2, -0.15) is 0 Å². The highest BCUT2D eigenvalue weighted by Crippen LogP contribution is 2.29. The van der Waals surface area contributed by atoms with Gasteiger partial charge >= 0.3 is 0 Å². The summed E-state index contributed by atoms with van der Waals surface area (Å²) >= 11 is 12.4. The number of hydrogen-bond donors (Lipinski definition) is 2. The van der Waals surface area contributed by atoms with E-state index in [1.54, 1.807) is 46.5 Å². The van der Waals surface area contributed by atoms with Crippen molar-refractivity contribution in [2.75, 3.05) is 23.7 Å². The molecular weight excluding hydrogens is 747 g/mol. The quantitative estimate of drug-likeness (QED) is 0.149. The molecule has 0 unspecified atom stereocenters. The van der Waals surface area contributed by atoms with Gasteiger partial charge in [0.1, 0.15) is 23.5 Å². The van der Waals surface area contributed by atoms with E-state index in [9.17, 15) is 19.2 Å². The predicted molar refractivity (Wildman–Crippen MR) is 221 cm³/mol. The molecule has 6 aromatic rings. The number of hydrogen-bond acceptors (Lipinski definition) is 6. The minimum atomic E-state index is -0.613. The summed E-state index contributed by atoms with van der Waals surface area (Å²) in [4.78, 5) is 65.9. The van der Waals surface area contributed by atoms with Crippen LogP contribution in [-0.2, 0) is 9.59 Å². The summed E-state index contributed by atoms with van der Waals surface area (Å²) in [5.41, 5.74) is 3.67. The molecule has 2 aromatic heterocycles. The predicted octanol–water partition coefficient (Wildman–Crippen LogP) is 8.75. The molecule has 2 aliphatic rings. The maximum absolute atomic E-state index is 13.6. The number of likely N-dealkylation sites (tertiary alicyclic amines) is 2. The monoisotopic (exact) mass is 782 g/mol. The molecule has 0 saturated carbocycles.